The van der Waals surface area contributed by atoms with Crippen molar-refractivity contribution in [3.63, 3.8) is 0 Å². The summed E-state index contributed by atoms with van der Waals surface area (Å²) in [7, 11) is 0. The molecule has 0 spiro atoms. The molecule has 0 aromatic heterocycles. The minimum atomic E-state index is -0.946. The Hall–Kier alpha value is -1.84. The Balaban J connectivity index is 2.60. The van der Waals surface area contributed by atoms with Crippen LogP contribution in [0.4, 0.5) is 0 Å². The van der Waals surface area contributed by atoms with Crippen LogP contribution in [-0.2, 0) is 16.0 Å². The van der Waals surface area contributed by atoms with Crippen molar-refractivity contribution in [3.8, 4) is 5.75 Å². The van der Waals surface area contributed by atoms with E-state index in [-0.39, 0.29) is 18.0 Å². The molecule has 4 nitrogen and oxygen atoms in total. The van der Waals surface area contributed by atoms with E-state index in [9.17, 15) is 14.7 Å². The number of carbonyl (C=O) groups is 2. The summed E-state index contributed by atoms with van der Waals surface area (Å²) >= 11 is 0. The van der Waals surface area contributed by atoms with Crippen LogP contribution >= 0.6 is 0 Å². The zero-order valence-electron chi connectivity index (χ0n) is 11.1. The number of aromatic hydroxyl groups is 1. The molecule has 0 saturated heterocycles. The first-order chi connectivity index (χ1) is 9.02. The van der Waals surface area contributed by atoms with Crippen LogP contribution in [0.3, 0.4) is 0 Å². The molecule has 0 aliphatic carbocycles. The largest absolute Gasteiger partial charge is 0.508 e. The van der Waals surface area contributed by atoms with Gasteiger partial charge in [-0.3, -0.25) is 9.59 Å². The van der Waals surface area contributed by atoms with Gasteiger partial charge in [-0.1, -0.05) is 25.5 Å². The molecule has 19 heavy (non-hydrogen) atoms. The number of ketones is 1. The Morgan fingerprint density at radius 1 is 1.21 bits per heavy atom. The van der Waals surface area contributed by atoms with Gasteiger partial charge in [-0.25, -0.2) is 0 Å². The number of rotatable bonds is 8. The van der Waals surface area contributed by atoms with E-state index >= 15 is 0 Å². The van der Waals surface area contributed by atoms with Gasteiger partial charge in [0.2, 0.25) is 0 Å². The average Bonchev–Trinajstić information content (AvgIpc) is 2.38. The number of aliphatic carboxylic acids is 1. The molecule has 0 radical (unpaired) electrons. The third-order valence-corrected chi connectivity index (χ3v) is 3.05. The van der Waals surface area contributed by atoms with Gasteiger partial charge < -0.3 is 10.2 Å². The smallest absolute Gasteiger partial charge is 0.307 e. The lowest BCUT2D eigenvalue weighted by Gasteiger charge is -2.11. The molecule has 1 unspecified atom stereocenters. The van der Waals surface area contributed by atoms with Crippen molar-refractivity contribution in [2.24, 2.45) is 5.92 Å². The van der Waals surface area contributed by atoms with Gasteiger partial charge in [0.05, 0.1) is 5.92 Å². The van der Waals surface area contributed by atoms with Gasteiger partial charge in [0, 0.05) is 12.8 Å². The monoisotopic (exact) mass is 264 g/mol. The first-order valence-corrected chi connectivity index (χ1v) is 6.55. The van der Waals surface area contributed by atoms with Crippen LogP contribution in [0.1, 0.15) is 38.2 Å². The van der Waals surface area contributed by atoms with Crippen LogP contribution in [0.5, 0.6) is 5.75 Å². The molecule has 2 N–H and O–H groups in total. The molecular formula is C15H20O4. The first-order valence-electron chi connectivity index (χ1n) is 6.55. The van der Waals surface area contributed by atoms with Crippen LogP contribution < -0.4 is 0 Å². The molecule has 1 rings (SSSR count). The zero-order chi connectivity index (χ0) is 14.3. The second-order valence-corrected chi connectivity index (χ2v) is 4.75. The summed E-state index contributed by atoms with van der Waals surface area (Å²) in [5, 5.41) is 18.3. The SMILES string of the molecule is CCCCC(=O)CC(Cc1ccc(O)cc1)C(=O)O. The number of carbonyl (C=O) groups excluding carboxylic acids is 1. The molecule has 0 aliphatic heterocycles. The summed E-state index contributed by atoms with van der Waals surface area (Å²) in [6.07, 6.45) is 2.59. The minimum Gasteiger partial charge on any atom is -0.508 e. The second kappa shape index (κ2) is 7.56. The predicted molar refractivity (Wildman–Crippen MR) is 72.1 cm³/mol. The van der Waals surface area contributed by atoms with Gasteiger partial charge in [-0.15, -0.1) is 0 Å². The Kier molecular flexibility index (Phi) is 6.06. The third kappa shape index (κ3) is 5.55. The van der Waals surface area contributed by atoms with E-state index in [1.54, 1.807) is 12.1 Å². The maximum atomic E-state index is 11.7. The molecule has 0 heterocycles. The molecule has 0 aliphatic rings. The molecule has 0 saturated carbocycles. The number of phenolic OH excluding ortho intramolecular Hbond substituents is 1. The van der Waals surface area contributed by atoms with Gasteiger partial charge in [-0.05, 0) is 30.5 Å². The lowest BCUT2D eigenvalue weighted by molar-refractivity contribution is -0.143. The highest BCUT2D eigenvalue weighted by atomic mass is 16.4. The summed E-state index contributed by atoms with van der Waals surface area (Å²) in [5.41, 5.74) is 0.813. The van der Waals surface area contributed by atoms with Crippen LogP contribution in [0, 0.1) is 5.92 Å². The molecule has 0 amide bonds. The molecule has 0 fully saturated rings. The van der Waals surface area contributed by atoms with Gasteiger partial charge in [0.15, 0.2) is 0 Å². The lowest BCUT2D eigenvalue weighted by atomic mass is 9.93. The highest BCUT2D eigenvalue weighted by Gasteiger charge is 2.21. The predicted octanol–water partition coefficient (Wildman–Crippen LogP) is 2.78. The van der Waals surface area contributed by atoms with E-state index in [2.05, 4.69) is 0 Å². The van der Waals surface area contributed by atoms with Crippen LogP contribution in [0.15, 0.2) is 24.3 Å². The van der Waals surface area contributed by atoms with Crippen LogP contribution in [-0.4, -0.2) is 22.0 Å². The molecular weight excluding hydrogens is 244 g/mol. The maximum absolute atomic E-state index is 11.7. The molecule has 1 aromatic carbocycles. The number of Topliss-reactive ketones (excluding diaryl/α,β-unsaturated/α-hetero) is 1. The Labute approximate surface area is 113 Å². The molecule has 104 valence electrons. The van der Waals surface area contributed by atoms with E-state index in [0.29, 0.717) is 12.8 Å². The number of carboxylic acids is 1. The fourth-order valence-electron chi connectivity index (χ4n) is 1.91. The van der Waals surface area contributed by atoms with Gasteiger partial charge in [0.25, 0.3) is 0 Å². The summed E-state index contributed by atoms with van der Waals surface area (Å²) in [6.45, 7) is 2.00. The summed E-state index contributed by atoms with van der Waals surface area (Å²) < 4.78 is 0. The molecule has 4 heteroatoms. The number of phenols is 1. The van der Waals surface area contributed by atoms with E-state index in [4.69, 9.17) is 5.11 Å². The topological polar surface area (TPSA) is 74.6 Å². The second-order valence-electron chi connectivity index (χ2n) is 4.75. The first kappa shape index (κ1) is 15.2. The van der Waals surface area contributed by atoms with E-state index in [1.807, 2.05) is 6.92 Å². The van der Waals surface area contributed by atoms with Gasteiger partial charge in [0.1, 0.15) is 11.5 Å². The standard InChI is InChI=1S/C15H20O4/c1-2-3-4-14(17)10-12(15(18)19)9-11-5-7-13(16)8-6-11/h5-8,12,16H,2-4,9-10H2,1H3,(H,18,19). The lowest BCUT2D eigenvalue weighted by Crippen LogP contribution is -2.20. The summed E-state index contributed by atoms with van der Waals surface area (Å²) in [4.78, 5) is 22.8. The average molecular weight is 264 g/mol. The minimum absolute atomic E-state index is 0.00743. The fraction of sp³-hybridized carbons (Fsp3) is 0.467. The quantitative estimate of drug-likeness (QED) is 0.757. The summed E-state index contributed by atoms with van der Waals surface area (Å²) in [6, 6.07) is 6.41. The van der Waals surface area contributed by atoms with E-state index < -0.39 is 11.9 Å². The van der Waals surface area contributed by atoms with Crippen molar-refractivity contribution in [1.29, 1.82) is 0 Å². The van der Waals surface area contributed by atoms with Crippen molar-refractivity contribution in [2.75, 3.05) is 0 Å². The Bertz CT molecular complexity index is 422. The summed E-state index contributed by atoms with van der Waals surface area (Å²) in [5.74, 6) is -1.48. The molecule has 0 bridgehead atoms. The number of hydrogen-bond acceptors (Lipinski definition) is 3. The third-order valence-electron chi connectivity index (χ3n) is 3.05. The van der Waals surface area contributed by atoms with Crippen LogP contribution in [0.2, 0.25) is 0 Å². The van der Waals surface area contributed by atoms with Crippen molar-refractivity contribution in [3.05, 3.63) is 29.8 Å². The van der Waals surface area contributed by atoms with E-state index in [0.717, 1.165) is 18.4 Å². The fourth-order valence-corrected chi connectivity index (χ4v) is 1.91. The normalized spacial score (nSPS) is 12.1. The number of unbranched alkanes of at least 4 members (excludes halogenated alkanes) is 1. The highest BCUT2D eigenvalue weighted by Crippen LogP contribution is 2.17. The van der Waals surface area contributed by atoms with Crippen molar-refractivity contribution >= 4 is 11.8 Å². The van der Waals surface area contributed by atoms with Gasteiger partial charge >= 0.3 is 5.97 Å². The number of carboxylic acid groups (broad SMARTS) is 1. The Morgan fingerprint density at radius 3 is 2.37 bits per heavy atom. The van der Waals surface area contributed by atoms with Crippen LogP contribution in [0.25, 0.3) is 0 Å². The van der Waals surface area contributed by atoms with Crippen molar-refractivity contribution < 1.29 is 19.8 Å². The number of benzene rings is 1. The highest BCUT2D eigenvalue weighted by molar-refractivity contribution is 5.83. The maximum Gasteiger partial charge on any atom is 0.307 e. The molecule has 1 aromatic rings. The molecule has 1 atom stereocenters. The van der Waals surface area contributed by atoms with Gasteiger partial charge in [-0.2, -0.15) is 0 Å². The zero-order valence-corrected chi connectivity index (χ0v) is 11.1. The number of hydrogen-bond donors (Lipinski definition) is 2. The van der Waals surface area contributed by atoms with Crippen molar-refractivity contribution in [1.82, 2.24) is 0 Å². The van der Waals surface area contributed by atoms with Crippen molar-refractivity contribution in [2.45, 2.75) is 39.0 Å². The van der Waals surface area contributed by atoms with E-state index in [1.165, 1.54) is 12.1 Å². The Morgan fingerprint density at radius 2 is 1.84 bits per heavy atom.